The Kier molecular flexibility index (Phi) is 5.10. The summed E-state index contributed by atoms with van der Waals surface area (Å²) in [4.78, 5) is 14.1. The molecule has 24 heavy (non-hydrogen) atoms. The number of amides is 1. The highest BCUT2D eigenvalue weighted by atomic mass is 16.5. The standard InChI is InChI=1S/C17H22N4O3/c1-12-3-4-14(24-12)11-21(2)16-6-5-15(19-20-16)17(22)18-13-7-9-23-10-8-13/h3-6,13H,7-11H2,1-2H3,(H,18,22). The van der Waals surface area contributed by atoms with Crippen molar-refractivity contribution in [1.29, 1.82) is 0 Å². The number of ether oxygens (including phenoxy) is 1. The summed E-state index contributed by atoms with van der Waals surface area (Å²) in [6.45, 7) is 3.88. The lowest BCUT2D eigenvalue weighted by Crippen LogP contribution is -2.39. The molecule has 0 saturated carbocycles. The van der Waals surface area contributed by atoms with Gasteiger partial charge in [0.05, 0.1) is 6.54 Å². The molecule has 7 nitrogen and oxygen atoms in total. The normalized spacial score (nSPS) is 15.2. The van der Waals surface area contributed by atoms with Crippen molar-refractivity contribution >= 4 is 11.7 Å². The van der Waals surface area contributed by atoms with Crippen LogP contribution in [0.1, 0.15) is 34.9 Å². The van der Waals surface area contributed by atoms with Crippen molar-refractivity contribution in [3.63, 3.8) is 0 Å². The number of carbonyl (C=O) groups is 1. The predicted octanol–water partition coefficient (Wildman–Crippen LogP) is 1.92. The Labute approximate surface area is 141 Å². The Balaban J connectivity index is 1.58. The number of hydrogen-bond donors (Lipinski definition) is 1. The topological polar surface area (TPSA) is 80.5 Å². The van der Waals surface area contributed by atoms with Gasteiger partial charge in [-0.2, -0.15) is 0 Å². The van der Waals surface area contributed by atoms with Gasteiger partial charge in [-0.1, -0.05) is 0 Å². The lowest BCUT2D eigenvalue weighted by molar-refractivity contribution is 0.0693. The number of nitrogens with zero attached hydrogens (tertiary/aromatic N) is 3. The molecule has 1 aliphatic rings. The van der Waals surface area contributed by atoms with Gasteiger partial charge in [0.25, 0.3) is 5.91 Å². The Morgan fingerprint density at radius 1 is 1.25 bits per heavy atom. The molecule has 0 radical (unpaired) electrons. The van der Waals surface area contributed by atoms with E-state index in [4.69, 9.17) is 9.15 Å². The first-order valence-corrected chi connectivity index (χ1v) is 8.10. The summed E-state index contributed by atoms with van der Waals surface area (Å²) in [5, 5.41) is 11.2. The summed E-state index contributed by atoms with van der Waals surface area (Å²) in [7, 11) is 1.91. The van der Waals surface area contributed by atoms with Crippen LogP contribution in [0.3, 0.4) is 0 Å². The van der Waals surface area contributed by atoms with Crippen LogP contribution in [0.25, 0.3) is 0 Å². The highest BCUT2D eigenvalue weighted by Gasteiger charge is 2.18. The zero-order valence-corrected chi connectivity index (χ0v) is 14.0. The first-order valence-electron chi connectivity index (χ1n) is 8.10. The summed E-state index contributed by atoms with van der Waals surface area (Å²) in [6, 6.07) is 7.51. The largest absolute Gasteiger partial charge is 0.464 e. The molecule has 7 heteroatoms. The molecule has 0 bridgehead atoms. The van der Waals surface area contributed by atoms with Gasteiger partial charge < -0.3 is 19.4 Å². The van der Waals surface area contributed by atoms with Gasteiger partial charge in [-0.05, 0) is 44.0 Å². The summed E-state index contributed by atoms with van der Waals surface area (Å²) in [5.41, 5.74) is 0.326. The Morgan fingerprint density at radius 2 is 2.04 bits per heavy atom. The van der Waals surface area contributed by atoms with Crippen LogP contribution >= 0.6 is 0 Å². The van der Waals surface area contributed by atoms with E-state index in [-0.39, 0.29) is 11.9 Å². The molecule has 128 valence electrons. The molecule has 0 aliphatic carbocycles. The summed E-state index contributed by atoms with van der Waals surface area (Å²) in [5.74, 6) is 2.24. The molecule has 3 heterocycles. The van der Waals surface area contributed by atoms with Crippen LogP contribution in [0, 0.1) is 6.92 Å². The van der Waals surface area contributed by atoms with Gasteiger partial charge in [-0.3, -0.25) is 4.79 Å². The van der Waals surface area contributed by atoms with E-state index < -0.39 is 0 Å². The van der Waals surface area contributed by atoms with Crippen LogP contribution in [0.15, 0.2) is 28.7 Å². The average molecular weight is 330 g/mol. The first kappa shape index (κ1) is 16.4. The number of furan rings is 1. The van der Waals surface area contributed by atoms with Crippen LogP contribution in [0.2, 0.25) is 0 Å². The van der Waals surface area contributed by atoms with Gasteiger partial charge in [-0.15, -0.1) is 10.2 Å². The minimum atomic E-state index is -0.190. The van der Waals surface area contributed by atoms with E-state index in [1.165, 1.54) is 0 Å². The zero-order valence-electron chi connectivity index (χ0n) is 14.0. The zero-order chi connectivity index (χ0) is 16.9. The highest BCUT2D eigenvalue weighted by molar-refractivity contribution is 5.92. The summed E-state index contributed by atoms with van der Waals surface area (Å²) in [6.07, 6.45) is 1.67. The summed E-state index contributed by atoms with van der Waals surface area (Å²) >= 11 is 0. The molecule has 1 saturated heterocycles. The number of nitrogens with one attached hydrogen (secondary N) is 1. The first-order chi connectivity index (χ1) is 11.6. The average Bonchev–Trinajstić information content (AvgIpc) is 3.00. The number of carbonyl (C=O) groups excluding carboxylic acids is 1. The van der Waals surface area contributed by atoms with E-state index in [1.54, 1.807) is 12.1 Å². The van der Waals surface area contributed by atoms with E-state index in [2.05, 4.69) is 15.5 Å². The third kappa shape index (κ3) is 4.11. The molecule has 0 aromatic carbocycles. The Bertz CT molecular complexity index is 677. The maximum Gasteiger partial charge on any atom is 0.272 e. The van der Waals surface area contributed by atoms with Crippen LogP contribution in [0.4, 0.5) is 5.82 Å². The molecule has 1 amide bonds. The number of aromatic nitrogens is 2. The molecular weight excluding hydrogens is 308 g/mol. The van der Waals surface area contributed by atoms with Crippen molar-refractivity contribution in [2.75, 3.05) is 25.2 Å². The third-order valence-corrected chi connectivity index (χ3v) is 4.02. The SMILES string of the molecule is Cc1ccc(CN(C)c2ccc(C(=O)NC3CCOCC3)nn2)o1. The van der Waals surface area contributed by atoms with Gasteiger partial charge in [0.15, 0.2) is 11.5 Å². The molecule has 3 rings (SSSR count). The molecule has 1 aliphatic heterocycles. The van der Waals surface area contributed by atoms with E-state index >= 15 is 0 Å². The number of anilines is 1. The van der Waals surface area contributed by atoms with Crippen LogP contribution in [-0.2, 0) is 11.3 Å². The third-order valence-electron chi connectivity index (χ3n) is 4.02. The van der Waals surface area contributed by atoms with E-state index in [0.29, 0.717) is 31.3 Å². The minimum Gasteiger partial charge on any atom is -0.464 e. The second-order valence-electron chi connectivity index (χ2n) is 6.01. The van der Waals surface area contributed by atoms with Crippen molar-refractivity contribution in [2.45, 2.75) is 32.4 Å². The maximum absolute atomic E-state index is 12.2. The van der Waals surface area contributed by atoms with Crippen LogP contribution in [0.5, 0.6) is 0 Å². The van der Waals surface area contributed by atoms with Crippen molar-refractivity contribution in [1.82, 2.24) is 15.5 Å². The van der Waals surface area contributed by atoms with Crippen LogP contribution < -0.4 is 10.2 Å². The Morgan fingerprint density at radius 3 is 2.67 bits per heavy atom. The quantitative estimate of drug-likeness (QED) is 0.902. The molecular formula is C17H22N4O3. The fourth-order valence-electron chi connectivity index (χ4n) is 2.64. The smallest absolute Gasteiger partial charge is 0.272 e. The molecule has 0 unspecified atom stereocenters. The second-order valence-corrected chi connectivity index (χ2v) is 6.01. The van der Waals surface area contributed by atoms with Crippen molar-refractivity contribution in [3.8, 4) is 0 Å². The predicted molar refractivity (Wildman–Crippen MR) is 88.9 cm³/mol. The number of aryl methyl sites for hydroxylation is 1. The number of hydrogen-bond acceptors (Lipinski definition) is 6. The van der Waals surface area contributed by atoms with Crippen LogP contribution in [-0.4, -0.2) is 42.4 Å². The summed E-state index contributed by atoms with van der Waals surface area (Å²) < 4.78 is 10.8. The lowest BCUT2D eigenvalue weighted by Gasteiger charge is -2.22. The molecule has 2 aromatic heterocycles. The molecule has 1 fully saturated rings. The molecule has 1 N–H and O–H groups in total. The minimum absolute atomic E-state index is 0.151. The van der Waals surface area contributed by atoms with Gasteiger partial charge in [0, 0.05) is 26.3 Å². The molecule has 0 atom stereocenters. The van der Waals surface area contributed by atoms with Gasteiger partial charge >= 0.3 is 0 Å². The van der Waals surface area contributed by atoms with E-state index in [9.17, 15) is 4.79 Å². The monoisotopic (exact) mass is 330 g/mol. The molecule has 2 aromatic rings. The fraction of sp³-hybridized carbons (Fsp3) is 0.471. The van der Waals surface area contributed by atoms with Crippen molar-refractivity contribution in [2.24, 2.45) is 0 Å². The van der Waals surface area contributed by atoms with Gasteiger partial charge in [0.1, 0.15) is 11.5 Å². The molecule has 0 spiro atoms. The van der Waals surface area contributed by atoms with E-state index in [1.807, 2.05) is 31.0 Å². The lowest BCUT2D eigenvalue weighted by atomic mass is 10.1. The van der Waals surface area contributed by atoms with Crippen molar-refractivity contribution in [3.05, 3.63) is 41.5 Å². The second kappa shape index (κ2) is 7.44. The number of rotatable bonds is 5. The highest BCUT2D eigenvalue weighted by Crippen LogP contribution is 2.14. The van der Waals surface area contributed by atoms with Gasteiger partial charge in [0.2, 0.25) is 0 Å². The van der Waals surface area contributed by atoms with E-state index in [0.717, 1.165) is 24.4 Å². The maximum atomic E-state index is 12.2. The van der Waals surface area contributed by atoms with Crippen molar-refractivity contribution < 1.29 is 13.9 Å². The fourth-order valence-corrected chi connectivity index (χ4v) is 2.64. The Hall–Kier alpha value is -2.41. The van der Waals surface area contributed by atoms with Gasteiger partial charge in [-0.25, -0.2) is 0 Å².